The molecule has 1 N–H and O–H groups in total. The van der Waals surface area contributed by atoms with Gasteiger partial charge in [0.25, 0.3) is 5.91 Å². The molecule has 2 aromatic heterocycles. The third-order valence-electron chi connectivity index (χ3n) is 7.45. The number of nitrogens with one attached hydrogen (secondary N) is 1. The molecule has 10 heteroatoms. The third-order valence-corrected chi connectivity index (χ3v) is 8.49. The number of benzene rings is 2. The minimum Gasteiger partial charge on any atom is -0.395 e. The van der Waals surface area contributed by atoms with Crippen LogP contribution in [0.3, 0.4) is 0 Å². The molecule has 2 atom stereocenters. The Morgan fingerprint density at radius 3 is 2.69 bits per heavy atom. The van der Waals surface area contributed by atoms with Crippen LogP contribution in [0.5, 0.6) is 11.5 Å². The van der Waals surface area contributed by atoms with Crippen molar-refractivity contribution in [2.75, 3.05) is 7.05 Å². The maximum absolute atomic E-state index is 13.7. The number of carbonyl (C=O) groups excluding carboxylic acids is 2. The third kappa shape index (κ3) is 4.89. The van der Waals surface area contributed by atoms with E-state index in [2.05, 4.69) is 14.6 Å². The van der Waals surface area contributed by atoms with Crippen molar-refractivity contribution in [3.05, 3.63) is 63.8 Å². The van der Waals surface area contributed by atoms with E-state index in [1.165, 1.54) is 23.5 Å². The lowest BCUT2D eigenvalue weighted by atomic mass is 9.82. The highest BCUT2D eigenvalue weighted by Crippen LogP contribution is 2.45. The van der Waals surface area contributed by atoms with Crippen LogP contribution in [0.2, 0.25) is 0 Å². The lowest BCUT2D eigenvalue weighted by Gasteiger charge is -2.31. The van der Waals surface area contributed by atoms with Gasteiger partial charge in [-0.05, 0) is 80.6 Å². The number of imidazole rings is 1. The van der Waals surface area contributed by atoms with Crippen molar-refractivity contribution in [2.45, 2.75) is 51.4 Å². The summed E-state index contributed by atoms with van der Waals surface area (Å²) >= 11 is 1.53. The zero-order chi connectivity index (χ0) is 27.3. The number of carbonyl (C=O) groups is 2. The molecule has 1 aliphatic carbocycles. The van der Waals surface area contributed by atoms with E-state index >= 15 is 0 Å². The van der Waals surface area contributed by atoms with Crippen LogP contribution in [0, 0.1) is 12.8 Å². The van der Waals surface area contributed by atoms with E-state index in [4.69, 9.17) is 9.72 Å². The van der Waals surface area contributed by atoms with Gasteiger partial charge in [-0.2, -0.15) is 0 Å². The van der Waals surface area contributed by atoms with Crippen LogP contribution in [-0.4, -0.2) is 34.6 Å². The van der Waals surface area contributed by atoms with E-state index < -0.39 is 6.29 Å². The molecule has 1 saturated carbocycles. The fourth-order valence-electron chi connectivity index (χ4n) is 5.68. The normalized spacial score (nSPS) is 19.8. The molecule has 4 aromatic rings. The van der Waals surface area contributed by atoms with Gasteiger partial charge >= 0.3 is 6.29 Å². The number of aryl methyl sites for hydroxylation is 1. The first-order valence-corrected chi connectivity index (χ1v) is 13.8. The molecule has 0 radical (unpaired) electrons. The second-order valence-corrected chi connectivity index (χ2v) is 11.4. The van der Waals surface area contributed by atoms with Gasteiger partial charge in [-0.25, -0.2) is 4.98 Å². The molecule has 1 aliphatic heterocycles. The van der Waals surface area contributed by atoms with Crippen LogP contribution in [0.25, 0.3) is 22.4 Å². The Bertz CT molecular complexity index is 1590. The van der Waals surface area contributed by atoms with Gasteiger partial charge in [-0.1, -0.05) is 6.42 Å². The van der Waals surface area contributed by atoms with Gasteiger partial charge in [0.05, 0.1) is 15.9 Å². The number of Topliss-reactive ketones (excluding diaryl/α,β-unsaturated/α-hetero) is 1. The maximum Gasteiger partial charge on any atom is 0.586 e. The smallest absolute Gasteiger partial charge is 0.395 e. The number of amides is 1. The summed E-state index contributed by atoms with van der Waals surface area (Å²) in [5.74, 6) is 0.657. The first-order valence-electron chi connectivity index (χ1n) is 12.9. The predicted octanol–water partition coefficient (Wildman–Crippen LogP) is 6.76. The maximum atomic E-state index is 13.7. The van der Waals surface area contributed by atoms with E-state index in [0.717, 1.165) is 41.0 Å². The highest BCUT2D eigenvalue weighted by molar-refractivity contribution is 7.14. The summed E-state index contributed by atoms with van der Waals surface area (Å²) in [5.41, 5.74) is 2.54. The number of hydrogen-bond donors (Lipinski definition) is 1. The highest BCUT2D eigenvalue weighted by atomic mass is 32.1. The molecule has 1 fully saturated rings. The Morgan fingerprint density at radius 1 is 1.10 bits per heavy atom. The highest BCUT2D eigenvalue weighted by Gasteiger charge is 2.43. The van der Waals surface area contributed by atoms with Crippen molar-refractivity contribution in [3.8, 4) is 22.9 Å². The first kappa shape index (κ1) is 25.5. The Hall–Kier alpha value is -3.79. The van der Waals surface area contributed by atoms with Crippen LogP contribution in [0.1, 0.15) is 63.1 Å². The molecule has 39 heavy (non-hydrogen) atoms. The molecule has 7 nitrogen and oxygen atoms in total. The number of nitrogens with zero attached hydrogens (tertiary/aromatic N) is 2. The largest absolute Gasteiger partial charge is 0.586 e. The molecule has 0 spiro atoms. The number of halogens is 2. The Kier molecular flexibility index (Phi) is 6.37. The summed E-state index contributed by atoms with van der Waals surface area (Å²) in [6.45, 7) is 2.00. The van der Waals surface area contributed by atoms with Crippen molar-refractivity contribution >= 4 is 34.1 Å². The van der Waals surface area contributed by atoms with Crippen molar-refractivity contribution in [1.29, 1.82) is 0 Å². The van der Waals surface area contributed by atoms with E-state index in [1.807, 2.05) is 25.1 Å². The molecule has 0 bridgehead atoms. The van der Waals surface area contributed by atoms with Gasteiger partial charge < -0.3 is 19.4 Å². The number of thiophene rings is 1. The number of ketones is 1. The van der Waals surface area contributed by atoms with Gasteiger partial charge in [0.2, 0.25) is 0 Å². The molecular weight excluding hydrogens is 524 g/mol. The Balaban J connectivity index is 1.38. The fourth-order valence-corrected chi connectivity index (χ4v) is 6.49. The second kappa shape index (κ2) is 9.75. The molecule has 1 amide bonds. The van der Waals surface area contributed by atoms with E-state index in [-0.39, 0.29) is 35.1 Å². The van der Waals surface area contributed by atoms with Crippen molar-refractivity contribution in [2.24, 2.45) is 5.92 Å². The Morgan fingerprint density at radius 2 is 1.92 bits per heavy atom. The number of ether oxygens (including phenoxy) is 2. The van der Waals surface area contributed by atoms with Crippen LogP contribution in [-0.2, 0) is 0 Å². The summed E-state index contributed by atoms with van der Waals surface area (Å²) in [6.07, 6.45) is 0.366. The quantitative estimate of drug-likeness (QED) is 0.268. The van der Waals surface area contributed by atoms with E-state index in [9.17, 15) is 18.4 Å². The van der Waals surface area contributed by atoms with Crippen LogP contribution in [0.4, 0.5) is 8.78 Å². The van der Waals surface area contributed by atoms with Crippen molar-refractivity contribution in [1.82, 2.24) is 14.9 Å². The van der Waals surface area contributed by atoms with Gasteiger partial charge in [0.15, 0.2) is 17.3 Å². The molecule has 2 aliphatic rings. The molecule has 0 saturated heterocycles. The minimum atomic E-state index is -3.71. The average Bonchev–Trinajstić information content (AvgIpc) is 3.60. The zero-order valence-electron chi connectivity index (χ0n) is 21.5. The summed E-state index contributed by atoms with van der Waals surface area (Å²) in [7, 11) is 1.57. The number of alkyl halides is 2. The minimum absolute atomic E-state index is 0.0339. The average molecular weight is 552 g/mol. The van der Waals surface area contributed by atoms with E-state index in [0.29, 0.717) is 28.9 Å². The monoisotopic (exact) mass is 551 g/mol. The van der Waals surface area contributed by atoms with Gasteiger partial charge in [0, 0.05) is 35.5 Å². The Labute approximate surface area is 227 Å². The lowest BCUT2D eigenvalue weighted by Crippen LogP contribution is -2.25. The SMILES string of the molecule is CNC(=O)c1ccc2c(c1)nc(-c1ccc3c(c1)OC(F)(F)O3)n2[C@H]1CCC[C@@H](CC(=O)c2ccc(C)s2)C1. The van der Waals surface area contributed by atoms with Gasteiger partial charge in [-0.15, -0.1) is 20.1 Å². The van der Waals surface area contributed by atoms with E-state index in [1.54, 1.807) is 25.2 Å². The molecule has 202 valence electrons. The number of rotatable bonds is 6. The van der Waals surface area contributed by atoms with Crippen LogP contribution in [0.15, 0.2) is 48.5 Å². The van der Waals surface area contributed by atoms with Crippen LogP contribution < -0.4 is 14.8 Å². The number of aromatic nitrogens is 2. The van der Waals surface area contributed by atoms with Gasteiger partial charge in [0.1, 0.15) is 5.82 Å². The molecule has 6 rings (SSSR count). The van der Waals surface area contributed by atoms with Crippen molar-refractivity contribution in [3.63, 3.8) is 0 Å². The molecular formula is C29H27F2N3O4S. The standard InChI is InChI=1S/C29H27F2N3O4S/c1-16-6-11-26(39-16)23(35)13-17-4-3-5-20(12-17)34-22-9-7-19(28(36)32-2)14-21(22)33-27(34)18-8-10-24-25(15-18)38-29(30,31)37-24/h6-11,14-15,17,20H,3-5,12-13H2,1-2H3,(H,32,36)/t17-,20+/m1/s1. The molecule has 0 unspecified atom stereocenters. The molecule has 3 heterocycles. The zero-order valence-corrected chi connectivity index (χ0v) is 22.3. The lowest BCUT2D eigenvalue weighted by molar-refractivity contribution is -0.286. The summed E-state index contributed by atoms with van der Waals surface area (Å²) in [5, 5.41) is 2.63. The topological polar surface area (TPSA) is 82.4 Å². The van der Waals surface area contributed by atoms with Crippen LogP contribution >= 0.6 is 11.3 Å². The van der Waals surface area contributed by atoms with Gasteiger partial charge in [-0.3, -0.25) is 9.59 Å². The number of fused-ring (bicyclic) bond motifs is 2. The summed E-state index contributed by atoms with van der Waals surface area (Å²) in [6, 6.07) is 13.9. The summed E-state index contributed by atoms with van der Waals surface area (Å²) < 4.78 is 38.8. The molecule has 2 aromatic carbocycles. The first-order chi connectivity index (χ1) is 18.7. The predicted molar refractivity (Wildman–Crippen MR) is 144 cm³/mol. The second-order valence-electron chi connectivity index (χ2n) is 10.1. The van der Waals surface area contributed by atoms with Crippen molar-refractivity contribution < 1.29 is 27.8 Å². The number of hydrogen-bond acceptors (Lipinski definition) is 6. The summed E-state index contributed by atoms with van der Waals surface area (Å²) in [4.78, 5) is 32.1. The fraction of sp³-hybridized carbons (Fsp3) is 0.345.